The number of hydrogen-bond acceptors (Lipinski definition) is 4. The van der Waals surface area contributed by atoms with Crippen LogP contribution in [0.2, 0.25) is 0 Å². The molecule has 19 heavy (non-hydrogen) atoms. The summed E-state index contributed by atoms with van der Waals surface area (Å²) in [5.74, 6) is -4.73. The molecule has 0 saturated heterocycles. The highest BCUT2D eigenvalue weighted by atomic mass is 127. The van der Waals surface area contributed by atoms with Gasteiger partial charge in [-0.15, -0.1) is 0 Å². The predicted molar refractivity (Wildman–Crippen MR) is 66.2 cm³/mol. The third-order valence-corrected chi connectivity index (χ3v) is 2.63. The van der Waals surface area contributed by atoms with Crippen LogP contribution < -0.4 is 5.32 Å². The fourth-order valence-electron chi connectivity index (χ4n) is 1.03. The molecule has 0 heterocycles. The van der Waals surface area contributed by atoms with Crippen LogP contribution >= 0.6 is 22.6 Å². The molecule has 0 aliphatic heterocycles. The first-order valence-corrected chi connectivity index (χ1v) is 5.93. The summed E-state index contributed by atoms with van der Waals surface area (Å²) in [4.78, 5) is 22.0. The molecular formula is C10H7F3INO4. The van der Waals surface area contributed by atoms with Crippen LogP contribution in [-0.4, -0.2) is 18.9 Å². The fraction of sp³-hybridized carbons (Fsp3) is 0.200. The first-order chi connectivity index (χ1) is 8.86. The Kier molecular flexibility index (Phi) is 5.39. The maximum absolute atomic E-state index is 13.4. The van der Waals surface area contributed by atoms with Gasteiger partial charge in [-0.1, -0.05) is 0 Å². The summed E-state index contributed by atoms with van der Waals surface area (Å²) < 4.78 is 47.4. The molecule has 1 aromatic rings. The minimum absolute atomic E-state index is 0.0246. The van der Waals surface area contributed by atoms with Gasteiger partial charge in [-0.3, -0.25) is 5.32 Å². The number of nitrogens with one attached hydrogen (secondary N) is 1. The molecule has 0 aliphatic rings. The number of benzene rings is 1. The zero-order valence-corrected chi connectivity index (χ0v) is 11.6. The van der Waals surface area contributed by atoms with E-state index < -0.39 is 35.4 Å². The van der Waals surface area contributed by atoms with Gasteiger partial charge in [0.05, 0.1) is 12.3 Å². The fourth-order valence-corrected chi connectivity index (χ4v) is 1.68. The van der Waals surface area contributed by atoms with Crippen molar-refractivity contribution in [1.29, 1.82) is 0 Å². The minimum atomic E-state index is -1.74. The quantitative estimate of drug-likeness (QED) is 0.277. The van der Waals surface area contributed by atoms with Crippen LogP contribution in [0, 0.1) is 21.0 Å². The molecule has 1 amide bonds. The van der Waals surface area contributed by atoms with Crippen LogP contribution in [0.5, 0.6) is 0 Å². The molecule has 104 valence electrons. The minimum Gasteiger partial charge on any atom is -0.434 e. The number of amides is 1. The molecule has 1 aromatic carbocycles. The zero-order chi connectivity index (χ0) is 14.6. The molecule has 0 aromatic heterocycles. The van der Waals surface area contributed by atoms with Crippen molar-refractivity contribution in [2.45, 2.75) is 6.92 Å². The third-order valence-electron chi connectivity index (χ3n) is 1.78. The second-order valence-corrected chi connectivity index (χ2v) is 4.20. The number of rotatable bonds is 2. The van der Waals surface area contributed by atoms with Gasteiger partial charge in [-0.2, -0.15) is 0 Å². The highest BCUT2D eigenvalue weighted by Gasteiger charge is 2.21. The smallest absolute Gasteiger partial charge is 0.434 e. The molecule has 0 unspecified atom stereocenters. The first kappa shape index (κ1) is 15.5. The number of carbonyl (C=O) groups is 2. The highest BCUT2D eigenvalue weighted by molar-refractivity contribution is 14.1. The Hall–Kier alpha value is -1.52. The summed E-state index contributed by atoms with van der Waals surface area (Å²) in [6, 6.07) is 0.680. The third kappa shape index (κ3) is 3.98. The molecule has 0 saturated carbocycles. The Morgan fingerprint density at radius 3 is 2.53 bits per heavy atom. The van der Waals surface area contributed by atoms with Gasteiger partial charge in [0, 0.05) is 3.57 Å². The van der Waals surface area contributed by atoms with Crippen molar-refractivity contribution in [3.8, 4) is 0 Å². The van der Waals surface area contributed by atoms with Crippen molar-refractivity contribution in [2.75, 3.05) is 11.9 Å². The second kappa shape index (κ2) is 6.59. The Morgan fingerprint density at radius 1 is 1.32 bits per heavy atom. The lowest BCUT2D eigenvalue weighted by atomic mass is 10.3. The lowest BCUT2D eigenvalue weighted by Crippen LogP contribution is -2.21. The zero-order valence-electron chi connectivity index (χ0n) is 9.43. The van der Waals surface area contributed by atoms with Gasteiger partial charge in [0.15, 0.2) is 17.5 Å². The molecule has 5 nitrogen and oxygen atoms in total. The van der Waals surface area contributed by atoms with Crippen LogP contribution in [0.25, 0.3) is 0 Å². The van der Waals surface area contributed by atoms with Gasteiger partial charge in [0.2, 0.25) is 0 Å². The van der Waals surface area contributed by atoms with E-state index in [2.05, 4.69) is 9.47 Å². The van der Waals surface area contributed by atoms with Crippen molar-refractivity contribution >= 4 is 40.5 Å². The molecule has 0 radical (unpaired) electrons. The Morgan fingerprint density at radius 2 is 1.95 bits per heavy atom. The second-order valence-electron chi connectivity index (χ2n) is 3.04. The average molecular weight is 389 g/mol. The molecule has 1 rings (SSSR count). The maximum atomic E-state index is 13.4. The monoisotopic (exact) mass is 389 g/mol. The molecule has 9 heteroatoms. The van der Waals surface area contributed by atoms with E-state index in [0.717, 1.165) is 0 Å². The van der Waals surface area contributed by atoms with E-state index in [1.54, 1.807) is 5.32 Å². The van der Waals surface area contributed by atoms with Crippen molar-refractivity contribution < 1.29 is 32.2 Å². The molecule has 0 aliphatic carbocycles. The maximum Gasteiger partial charge on any atom is 0.517 e. The van der Waals surface area contributed by atoms with E-state index in [9.17, 15) is 22.8 Å². The van der Waals surface area contributed by atoms with Crippen LogP contribution in [-0.2, 0) is 9.47 Å². The number of halogens is 4. The van der Waals surface area contributed by atoms with E-state index in [1.165, 1.54) is 29.5 Å². The van der Waals surface area contributed by atoms with Gasteiger partial charge in [-0.25, -0.2) is 22.8 Å². The van der Waals surface area contributed by atoms with E-state index in [4.69, 9.17) is 0 Å². The number of carbonyl (C=O) groups excluding carboxylic acids is 2. The van der Waals surface area contributed by atoms with Crippen molar-refractivity contribution in [1.82, 2.24) is 0 Å². The average Bonchev–Trinajstić information content (AvgIpc) is 2.32. The number of ether oxygens (including phenoxy) is 2. The van der Waals surface area contributed by atoms with Gasteiger partial charge >= 0.3 is 12.2 Å². The summed E-state index contributed by atoms with van der Waals surface area (Å²) in [6.45, 7) is 1.46. The van der Waals surface area contributed by atoms with Crippen molar-refractivity contribution in [2.24, 2.45) is 0 Å². The van der Waals surface area contributed by atoms with Crippen LogP contribution in [0.15, 0.2) is 6.07 Å². The summed E-state index contributed by atoms with van der Waals surface area (Å²) in [7, 11) is 0. The highest BCUT2D eigenvalue weighted by Crippen LogP contribution is 2.26. The Balaban J connectivity index is 2.86. The standard InChI is InChI=1S/C10H7F3INO4/c1-2-18-10(17)19-9(16)15-8-5(14)3-4(11)6(12)7(8)13/h3H,2H2,1H3,(H,15,16). The van der Waals surface area contributed by atoms with E-state index >= 15 is 0 Å². The van der Waals surface area contributed by atoms with Crippen molar-refractivity contribution in [3.63, 3.8) is 0 Å². The van der Waals surface area contributed by atoms with Crippen LogP contribution in [0.4, 0.5) is 28.4 Å². The first-order valence-electron chi connectivity index (χ1n) is 4.85. The van der Waals surface area contributed by atoms with Crippen LogP contribution in [0.3, 0.4) is 0 Å². The molecule has 0 atom stereocenters. The van der Waals surface area contributed by atoms with Crippen molar-refractivity contribution in [3.05, 3.63) is 27.1 Å². The van der Waals surface area contributed by atoms with Gasteiger partial charge in [0.25, 0.3) is 0 Å². The number of anilines is 1. The van der Waals surface area contributed by atoms with E-state index in [-0.39, 0.29) is 10.2 Å². The topological polar surface area (TPSA) is 64.6 Å². The summed E-state index contributed by atoms with van der Waals surface area (Å²) in [6.07, 6.45) is -2.67. The molecular weight excluding hydrogens is 382 g/mol. The largest absolute Gasteiger partial charge is 0.517 e. The predicted octanol–water partition coefficient (Wildman–Crippen LogP) is 3.41. The van der Waals surface area contributed by atoms with Gasteiger partial charge < -0.3 is 9.47 Å². The lowest BCUT2D eigenvalue weighted by molar-refractivity contribution is 0.0837. The normalized spacial score (nSPS) is 9.95. The summed E-state index contributed by atoms with van der Waals surface area (Å²) in [5, 5.41) is 1.78. The van der Waals surface area contributed by atoms with Gasteiger partial charge in [0.1, 0.15) is 0 Å². The lowest BCUT2D eigenvalue weighted by Gasteiger charge is -2.09. The molecule has 1 N–H and O–H groups in total. The Bertz CT molecular complexity index is 524. The Labute approximate surface area is 119 Å². The van der Waals surface area contributed by atoms with Crippen LogP contribution in [0.1, 0.15) is 6.92 Å². The summed E-state index contributed by atoms with van der Waals surface area (Å²) >= 11 is 1.48. The molecule has 0 spiro atoms. The van der Waals surface area contributed by atoms with Gasteiger partial charge in [-0.05, 0) is 35.6 Å². The summed E-state index contributed by atoms with van der Waals surface area (Å²) in [5.41, 5.74) is -0.631. The number of hydrogen-bond donors (Lipinski definition) is 1. The SMILES string of the molecule is CCOC(=O)OC(=O)Nc1c(I)cc(F)c(F)c1F. The molecule has 0 bridgehead atoms. The van der Waals surface area contributed by atoms with E-state index in [1.807, 2.05) is 0 Å². The molecule has 0 fully saturated rings. The van der Waals surface area contributed by atoms with E-state index in [0.29, 0.717) is 6.07 Å².